The first kappa shape index (κ1) is 14.7. The summed E-state index contributed by atoms with van der Waals surface area (Å²) in [6.45, 7) is 0.464. The lowest BCUT2D eigenvalue weighted by atomic mass is 9.82. The highest BCUT2D eigenvalue weighted by atomic mass is 32.2. The molecule has 1 aromatic rings. The molecular formula is C14H17NO4S. The van der Waals surface area contributed by atoms with Crippen LogP contribution in [0.3, 0.4) is 0 Å². The van der Waals surface area contributed by atoms with E-state index < -0.39 is 15.7 Å². The number of sulfone groups is 1. The van der Waals surface area contributed by atoms with E-state index in [0.717, 1.165) is 11.5 Å². The van der Waals surface area contributed by atoms with Gasteiger partial charge in [0, 0.05) is 18.0 Å². The topological polar surface area (TPSA) is 83.5 Å². The van der Waals surface area contributed by atoms with E-state index in [1.807, 2.05) is 0 Å². The van der Waals surface area contributed by atoms with Crippen molar-refractivity contribution in [3.05, 3.63) is 41.8 Å². The number of rotatable bonds is 5. The predicted octanol–water partition coefficient (Wildman–Crippen LogP) is 0.861. The SMILES string of the molecule is O=C(C=CS(=O)(=O)c1ccccc1)NCC1CC(O)C1. The lowest BCUT2D eigenvalue weighted by molar-refractivity contribution is -0.117. The van der Waals surface area contributed by atoms with E-state index in [1.165, 1.54) is 12.1 Å². The molecular weight excluding hydrogens is 278 g/mol. The van der Waals surface area contributed by atoms with Crippen LogP contribution in [0, 0.1) is 5.92 Å². The molecule has 0 aliphatic heterocycles. The Kier molecular flexibility index (Phi) is 4.57. The summed E-state index contributed by atoms with van der Waals surface area (Å²) in [6, 6.07) is 7.94. The number of hydrogen-bond acceptors (Lipinski definition) is 4. The molecule has 20 heavy (non-hydrogen) atoms. The lowest BCUT2D eigenvalue weighted by Crippen LogP contribution is -2.37. The summed E-state index contributed by atoms with van der Waals surface area (Å²) >= 11 is 0. The van der Waals surface area contributed by atoms with Gasteiger partial charge in [-0.2, -0.15) is 0 Å². The zero-order valence-corrected chi connectivity index (χ0v) is 11.7. The molecule has 6 heteroatoms. The van der Waals surface area contributed by atoms with Crippen molar-refractivity contribution in [2.45, 2.75) is 23.8 Å². The lowest BCUT2D eigenvalue weighted by Gasteiger charge is -2.31. The molecule has 1 aromatic carbocycles. The van der Waals surface area contributed by atoms with Gasteiger partial charge in [0.2, 0.25) is 5.91 Å². The number of benzene rings is 1. The minimum atomic E-state index is -3.58. The molecule has 0 atom stereocenters. The van der Waals surface area contributed by atoms with Gasteiger partial charge >= 0.3 is 0 Å². The maximum atomic E-state index is 11.9. The van der Waals surface area contributed by atoms with Gasteiger partial charge in [-0.05, 0) is 30.9 Å². The number of aliphatic hydroxyl groups is 1. The smallest absolute Gasteiger partial charge is 0.244 e. The molecule has 2 N–H and O–H groups in total. The molecule has 2 rings (SSSR count). The normalized spacial score (nSPS) is 22.4. The monoisotopic (exact) mass is 295 g/mol. The van der Waals surface area contributed by atoms with E-state index >= 15 is 0 Å². The van der Waals surface area contributed by atoms with Gasteiger partial charge < -0.3 is 10.4 Å². The third kappa shape index (κ3) is 3.91. The Morgan fingerprint density at radius 2 is 1.95 bits per heavy atom. The minimum absolute atomic E-state index is 0.158. The van der Waals surface area contributed by atoms with Crippen LogP contribution in [-0.2, 0) is 14.6 Å². The summed E-state index contributed by atoms with van der Waals surface area (Å²) in [7, 11) is -3.58. The van der Waals surface area contributed by atoms with E-state index in [1.54, 1.807) is 18.2 Å². The summed E-state index contributed by atoms with van der Waals surface area (Å²) in [6.07, 6.45) is 2.14. The first-order valence-electron chi connectivity index (χ1n) is 6.41. The highest BCUT2D eigenvalue weighted by Crippen LogP contribution is 2.25. The van der Waals surface area contributed by atoms with Crippen molar-refractivity contribution in [3.63, 3.8) is 0 Å². The molecule has 1 saturated carbocycles. The average molecular weight is 295 g/mol. The number of nitrogens with one attached hydrogen (secondary N) is 1. The van der Waals surface area contributed by atoms with Gasteiger partial charge in [0.1, 0.15) is 0 Å². The molecule has 0 saturated heterocycles. The minimum Gasteiger partial charge on any atom is -0.393 e. The number of carbonyl (C=O) groups excluding carboxylic acids is 1. The standard InChI is InChI=1S/C14H17NO4S/c16-12-8-11(9-12)10-15-14(17)6-7-20(18,19)13-4-2-1-3-5-13/h1-7,11-12,16H,8-10H2,(H,15,17). The molecule has 5 nitrogen and oxygen atoms in total. The maximum Gasteiger partial charge on any atom is 0.244 e. The van der Waals surface area contributed by atoms with E-state index in [0.29, 0.717) is 19.4 Å². The number of aliphatic hydroxyl groups excluding tert-OH is 1. The Morgan fingerprint density at radius 3 is 2.55 bits per heavy atom. The highest BCUT2D eigenvalue weighted by Gasteiger charge is 2.26. The number of hydrogen-bond donors (Lipinski definition) is 2. The molecule has 0 aromatic heterocycles. The van der Waals surface area contributed by atoms with E-state index in [4.69, 9.17) is 5.11 Å². The number of carbonyl (C=O) groups is 1. The van der Waals surface area contributed by atoms with Crippen LogP contribution in [0.25, 0.3) is 0 Å². The van der Waals surface area contributed by atoms with Crippen LogP contribution in [0.5, 0.6) is 0 Å². The molecule has 0 spiro atoms. The Hall–Kier alpha value is -1.66. The van der Waals surface area contributed by atoms with E-state index in [9.17, 15) is 13.2 Å². The second kappa shape index (κ2) is 6.19. The van der Waals surface area contributed by atoms with Gasteiger partial charge in [-0.3, -0.25) is 4.79 Å². The van der Waals surface area contributed by atoms with E-state index in [-0.39, 0.29) is 16.9 Å². The fourth-order valence-corrected chi connectivity index (χ4v) is 3.01. The van der Waals surface area contributed by atoms with Crippen molar-refractivity contribution in [2.75, 3.05) is 6.54 Å². The van der Waals surface area contributed by atoms with E-state index in [2.05, 4.69) is 5.32 Å². The third-order valence-corrected chi connectivity index (χ3v) is 4.67. The van der Waals surface area contributed by atoms with Crippen LogP contribution in [0.1, 0.15) is 12.8 Å². The van der Waals surface area contributed by atoms with Crippen molar-refractivity contribution in [1.82, 2.24) is 5.32 Å². The van der Waals surface area contributed by atoms with Crippen LogP contribution >= 0.6 is 0 Å². The first-order chi connectivity index (χ1) is 9.47. The molecule has 1 aliphatic rings. The summed E-state index contributed by atoms with van der Waals surface area (Å²) < 4.78 is 23.8. The zero-order valence-electron chi connectivity index (χ0n) is 10.9. The van der Waals surface area contributed by atoms with Crippen molar-refractivity contribution >= 4 is 15.7 Å². The second-order valence-corrected chi connectivity index (χ2v) is 6.73. The number of amides is 1. The van der Waals surface area contributed by atoms with Crippen molar-refractivity contribution in [3.8, 4) is 0 Å². The summed E-state index contributed by atoms with van der Waals surface area (Å²) in [5.74, 6) is -0.154. The molecule has 108 valence electrons. The molecule has 0 radical (unpaired) electrons. The average Bonchev–Trinajstić information content (AvgIpc) is 2.41. The first-order valence-corrected chi connectivity index (χ1v) is 7.96. The van der Waals surface area contributed by atoms with Crippen molar-refractivity contribution < 1.29 is 18.3 Å². The van der Waals surface area contributed by atoms with Gasteiger partial charge in [-0.15, -0.1) is 0 Å². The molecule has 1 amide bonds. The Balaban J connectivity index is 1.87. The van der Waals surface area contributed by atoms with Gasteiger partial charge in [0.05, 0.1) is 11.0 Å². The van der Waals surface area contributed by atoms with Crippen molar-refractivity contribution in [2.24, 2.45) is 5.92 Å². The zero-order chi connectivity index (χ0) is 14.6. The second-order valence-electron chi connectivity index (χ2n) is 4.90. The van der Waals surface area contributed by atoms with Crippen LogP contribution < -0.4 is 5.32 Å². The van der Waals surface area contributed by atoms with Gasteiger partial charge in [0.25, 0.3) is 0 Å². The molecule has 0 unspecified atom stereocenters. The quantitative estimate of drug-likeness (QED) is 0.789. The molecule has 0 bridgehead atoms. The maximum absolute atomic E-state index is 11.9. The molecule has 0 heterocycles. The van der Waals surface area contributed by atoms with Crippen LogP contribution in [-0.4, -0.2) is 32.1 Å². The van der Waals surface area contributed by atoms with Gasteiger partial charge in [-0.25, -0.2) is 8.42 Å². The summed E-state index contributed by atoms with van der Waals surface area (Å²) in [4.78, 5) is 11.7. The van der Waals surface area contributed by atoms with Crippen LogP contribution in [0.4, 0.5) is 0 Å². The van der Waals surface area contributed by atoms with Gasteiger partial charge in [0.15, 0.2) is 9.84 Å². The molecule has 1 aliphatic carbocycles. The largest absolute Gasteiger partial charge is 0.393 e. The van der Waals surface area contributed by atoms with Crippen LogP contribution in [0.2, 0.25) is 0 Å². The fourth-order valence-electron chi connectivity index (χ4n) is 2.01. The Labute approximate surface area is 118 Å². The third-order valence-electron chi connectivity index (χ3n) is 3.25. The van der Waals surface area contributed by atoms with Crippen LogP contribution in [0.15, 0.2) is 46.7 Å². The van der Waals surface area contributed by atoms with Gasteiger partial charge in [-0.1, -0.05) is 18.2 Å². The highest BCUT2D eigenvalue weighted by molar-refractivity contribution is 7.94. The summed E-state index contributed by atoms with van der Waals surface area (Å²) in [5, 5.41) is 12.7. The van der Waals surface area contributed by atoms with Crippen molar-refractivity contribution in [1.29, 1.82) is 0 Å². The predicted molar refractivity (Wildman–Crippen MR) is 74.5 cm³/mol. The Morgan fingerprint density at radius 1 is 1.30 bits per heavy atom. The molecule has 1 fully saturated rings. The fraction of sp³-hybridized carbons (Fsp3) is 0.357. The summed E-state index contributed by atoms with van der Waals surface area (Å²) in [5.41, 5.74) is 0. The Bertz CT molecular complexity index is 589.